The molecule has 0 aliphatic heterocycles. The molecule has 0 fully saturated rings. The lowest BCUT2D eigenvalue weighted by atomic mass is 10.0. The number of aliphatic hydroxyl groups excluding tert-OH is 1. The molecule has 0 aromatic carbocycles. The molecule has 0 amide bonds. The van der Waals surface area contributed by atoms with Gasteiger partial charge in [-0.15, -0.1) is 0 Å². The van der Waals surface area contributed by atoms with Crippen LogP contribution in [0.25, 0.3) is 0 Å². The number of hydrogen-bond acceptors (Lipinski definition) is 3. The summed E-state index contributed by atoms with van der Waals surface area (Å²) in [5.41, 5.74) is 0. The molecular weight excluding hydrogens is 218 g/mol. The van der Waals surface area contributed by atoms with Gasteiger partial charge < -0.3 is 10.2 Å². The Kier molecular flexibility index (Phi) is 9.09. The van der Waals surface area contributed by atoms with Gasteiger partial charge in [-0.2, -0.15) is 0 Å². The zero-order valence-corrected chi connectivity index (χ0v) is 11.4. The highest BCUT2D eigenvalue weighted by atomic mass is 16.4. The van der Waals surface area contributed by atoms with E-state index in [9.17, 15) is 9.90 Å². The number of aliphatic hydroxyl groups is 1. The summed E-state index contributed by atoms with van der Waals surface area (Å²) < 4.78 is 0. The van der Waals surface area contributed by atoms with E-state index in [1.165, 1.54) is 0 Å². The predicted octanol–water partition coefficient (Wildman–Crippen LogP) is 2.11. The van der Waals surface area contributed by atoms with Crippen molar-refractivity contribution in [2.24, 2.45) is 0 Å². The van der Waals surface area contributed by atoms with Crippen molar-refractivity contribution >= 4 is 5.97 Å². The molecule has 0 rings (SSSR count). The van der Waals surface area contributed by atoms with E-state index in [2.05, 4.69) is 20.8 Å². The standard InChI is InChI=1S/C13H27NO3/c1-4-7-8-12(13(16)17)14(9-10-15)11(5-2)6-3/h11-12,15H,4-10H2,1-3H3,(H,16,17). The van der Waals surface area contributed by atoms with Gasteiger partial charge in [-0.05, 0) is 19.3 Å². The molecule has 2 N–H and O–H groups in total. The average molecular weight is 245 g/mol. The molecule has 1 unspecified atom stereocenters. The van der Waals surface area contributed by atoms with Crippen LogP contribution < -0.4 is 0 Å². The van der Waals surface area contributed by atoms with E-state index in [4.69, 9.17) is 5.11 Å². The SMILES string of the molecule is CCCCC(C(=O)O)N(CCO)C(CC)CC. The maximum atomic E-state index is 11.3. The lowest BCUT2D eigenvalue weighted by Crippen LogP contribution is -2.48. The topological polar surface area (TPSA) is 60.8 Å². The lowest BCUT2D eigenvalue weighted by Gasteiger charge is -2.34. The first-order valence-electron chi connectivity index (χ1n) is 6.71. The first kappa shape index (κ1) is 16.4. The number of carboxylic acids is 1. The van der Waals surface area contributed by atoms with Crippen LogP contribution in [0.15, 0.2) is 0 Å². The summed E-state index contributed by atoms with van der Waals surface area (Å²) in [5.74, 6) is -0.765. The van der Waals surface area contributed by atoms with Crippen LogP contribution in [0.3, 0.4) is 0 Å². The fourth-order valence-corrected chi connectivity index (χ4v) is 2.29. The van der Waals surface area contributed by atoms with Crippen molar-refractivity contribution < 1.29 is 15.0 Å². The van der Waals surface area contributed by atoms with Gasteiger partial charge in [0.05, 0.1) is 6.61 Å². The van der Waals surface area contributed by atoms with E-state index in [1.807, 2.05) is 4.90 Å². The highest BCUT2D eigenvalue weighted by Crippen LogP contribution is 2.17. The number of aliphatic carboxylic acids is 1. The summed E-state index contributed by atoms with van der Waals surface area (Å²) in [6.07, 6.45) is 4.43. The molecule has 17 heavy (non-hydrogen) atoms. The molecule has 0 bridgehead atoms. The van der Waals surface area contributed by atoms with Gasteiger partial charge in [0.1, 0.15) is 6.04 Å². The number of carboxylic acid groups (broad SMARTS) is 1. The van der Waals surface area contributed by atoms with Crippen LogP contribution in [0.1, 0.15) is 52.9 Å². The minimum Gasteiger partial charge on any atom is -0.480 e. The maximum Gasteiger partial charge on any atom is 0.320 e. The summed E-state index contributed by atoms with van der Waals surface area (Å²) in [5, 5.41) is 18.4. The summed E-state index contributed by atoms with van der Waals surface area (Å²) >= 11 is 0. The third kappa shape index (κ3) is 5.50. The van der Waals surface area contributed by atoms with E-state index in [-0.39, 0.29) is 12.6 Å². The monoisotopic (exact) mass is 245 g/mol. The second-order valence-corrected chi connectivity index (χ2v) is 4.43. The first-order valence-corrected chi connectivity index (χ1v) is 6.71. The Bertz CT molecular complexity index is 205. The van der Waals surface area contributed by atoms with Crippen molar-refractivity contribution in [1.29, 1.82) is 0 Å². The molecule has 0 aliphatic rings. The molecule has 4 nitrogen and oxygen atoms in total. The number of nitrogens with zero attached hydrogens (tertiary/aromatic N) is 1. The molecule has 0 saturated carbocycles. The van der Waals surface area contributed by atoms with Gasteiger partial charge in [0, 0.05) is 12.6 Å². The zero-order valence-electron chi connectivity index (χ0n) is 11.4. The number of unbranched alkanes of at least 4 members (excludes halogenated alkanes) is 1. The van der Waals surface area contributed by atoms with Crippen LogP contribution >= 0.6 is 0 Å². The van der Waals surface area contributed by atoms with Crippen molar-refractivity contribution in [3.8, 4) is 0 Å². The lowest BCUT2D eigenvalue weighted by molar-refractivity contribution is -0.145. The van der Waals surface area contributed by atoms with E-state index in [1.54, 1.807) is 0 Å². The summed E-state index contributed by atoms with van der Waals surface area (Å²) in [4.78, 5) is 13.3. The van der Waals surface area contributed by atoms with Crippen molar-refractivity contribution in [1.82, 2.24) is 4.90 Å². The first-order chi connectivity index (χ1) is 8.12. The molecule has 0 aliphatic carbocycles. The molecule has 4 heteroatoms. The second-order valence-electron chi connectivity index (χ2n) is 4.43. The van der Waals surface area contributed by atoms with E-state index < -0.39 is 12.0 Å². The molecule has 0 aromatic rings. The van der Waals surface area contributed by atoms with E-state index in [0.717, 1.165) is 25.7 Å². The molecule has 0 saturated heterocycles. The van der Waals surface area contributed by atoms with E-state index >= 15 is 0 Å². The highest BCUT2D eigenvalue weighted by molar-refractivity contribution is 5.73. The fourth-order valence-electron chi connectivity index (χ4n) is 2.29. The molecule has 0 aromatic heterocycles. The van der Waals surface area contributed by atoms with Gasteiger partial charge in [-0.25, -0.2) is 0 Å². The van der Waals surface area contributed by atoms with Gasteiger partial charge in [0.25, 0.3) is 0 Å². The normalized spacial score (nSPS) is 13.3. The van der Waals surface area contributed by atoms with Crippen LogP contribution in [-0.2, 0) is 4.79 Å². The van der Waals surface area contributed by atoms with Crippen LogP contribution in [0.2, 0.25) is 0 Å². The van der Waals surface area contributed by atoms with Gasteiger partial charge in [0.15, 0.2) is 0 Å². The van der Waals surface area contributed by atoms with E-state index in [0.29, 0.717) is 13.0 Å². The Morgan fingerprint density at radius 3 is 2.18 bits per heavy atom. The quantitative estimate of drug-likeness (QED) is 0.619. The molecular formula is C13H27NO3. The zero-order chi connectivity index (χ0) is 13.3. The average Bonchev–Trinajstić information content (AvgIpc) is 2.30. The Morgan fingerprint density at radius 1 is 1.24 bits per heavy atom. The van der Waals surface area contributed by atoms with Crippen molar-refractivity contribution in [2.45, 2.75) is 65.0 Å². The molecule has 0 heterocycles. The molecule has 0 radical (unpaired) electrons. The number of carbonyl (C=O) groups is 1. The van der Waals surface area contributed by atoms with Crippen LogP contribution in [0, 0.1) is 0 Å². The van der Waals surface area contributed by atoms with Gasteiger partial charge in [-0.3, -0.25) is 9.69 Å². The molecule has 102 valence electrons. The Morgan fingerprint density at radius 2 is 1.82 bits per heavy atom. The van der Waals surface area contributed by atoms with Crippen LogP contribution in [0.5, 0.6) is 0 Å². The molecule has 0 spiro atoms. The number of rotatable bonds is 10. The van der Waals surface area contributed by atoms with Crippen molar-refractivity contribution in [2.75, 3.05) is 13.2 Å². The fraction of sp³-hybridized carbons (Fsp3) is 0.923. The maximum absolute atomic E-state index is 11.3. The van der Waals surface area contributed by atoms with Gasteiger partial charge in [0.2, 0.25) is 0 Å². The highest BCUT2D eigenvalue weighted by Gasteiger charge is 2.28. The van der Waals surface area contributed by atoms with Crippen LogP contribution in [0.4, 0.5) is 0 Å². The summed E-state index contributed by atoms with van der Waals surface area (Å²) in [6, 6.07) is -0.202. The predicted molar refractivity (Wildman–Crippen MR) is 69.1 cm³/mol. The minimum atomic E-state index is -0.765. The Balaban J connectivity index is 4.73. The second kappa shape index (κ2) is 9.42. The third-order valence-corrected chi connectivity index (χ3v) is 3.29. The largest absolute Gasteiger partial charge is 0.480 e. The minimum absolute atomic E-state index is 0.0202. The third-order valence-electron chi connectivity index (χ3n) is 3.29. The summed E-state index contributed by atoms with van der Waals surface area (Å²) in [7, 11) is 0. The van der Waals surface area contributed by atoms with Crippen molar-refractivity contribution in [3.63, 3.8) is 0 Å². The Hall–Kier alpha value is -0.610. The summed E-state index contributed by atoms with van der Waals surface area (Å²) in [6.45, 7) is 6.67. The number of hydrogen-bond donors (Lipinski definition) is 2. The van der Waals surface area contributed by atoms with Crippen molar-refractivity contribution in [3.05, 3.63) is 0 Å². The Labute approximate surface area is 105 Å². The molecule has 1 atom stereocenters. The van der Waals surface area contributed by atoms with Gasteiger partial charge in [-0.1, -0.05) is 33.6 Å². The van der Waals surface area contributed by atoms with Crippen LogP contribution in [-0.4, -0.2) is 46.3 Å². The van der Waals surface area contributed by atoms with Gasteiger partial charge >= 0.3 is 5.97 Å². The smallest absolute Gasteiger partial charge is 0.320 e.